The number of hydrogen-bond acceptors (Lipinski definition) is 1. The van der Waals surface area contributed by atoms with Gasteiger partial charge in [-0.3, -0.25) is 0 Å². The summed E-state index contributed by atoms with van der Waals surface area (Å²) < 4.78 is 1.04. The van der Waals surface area contributed by atoms with Crippen molar-refractivity contribution in [1.82, 2.24) is 0 Å². The summed E-state index contributed by atoms with van der Waals surface area (Å²) in [6.45, 7) is 0.129. The molecule has 1 rings (SSSR count). The van der Waals surface area contributed by atoms with Gasteiger partial charge in [-0.2, -0.15) is 0 Å². The van der Waals surface area contributed by atoms with Crippen molar-refractivity contribution >= 4 is 27.5 Å². The number of alkyl halides is 1. The van der Waals surface area contributed by atoms with Gasteiger partial charge >= 0.3 is 0 Å². The third-order valence-electron chi connectivity index (χ3n) is 1.61. The molecular formula is C9H10BrClO. The second-order valence-electron chi connectivity index (χ2n) is 2.53. The molecule has 0 bridgehead atoms. The van der Waals surface area contributed by atoms with Crippen LogP contribution in [-0.2, 0) is 0 Å². The van der Waals surface area contributed by atoms with Crippen LogP contribution in [-0.4, -0.2) is 11.7 Å². The normalized spacial score (nSPS) is 12.9. The highest BCUT2D eigenvalue weighted by atomic mass is 79.9. The number of halogens is 2. The first-order valence-electron chi connectivity index (χ1n) is 3.74. The molecule has 1 atom stereocenters. The Kier molecular flexibility index (Phi) is 4.06. The zero-order valence-electron chi connectivity index (χ0n) is 6.50. The lowest BCUT2D eigenvalue weighted by molar-refractivity contribution is 0.286. The summed E-state index contributed by atoms with van der Waals surface area (Å²) in [4.78, 5) is 0. The van der Waals surface area contributed by atoms with E-state index < -0.39 is 0 Å². The number of rotatable bonds is 3. The SMILES string of the molecule is OCC[C@@H](Cl)c1ccc(Br)cc1. The molecule has 0 heterocycles. The lowest BCUT2D eigenvalue weighted by atomic mass is 10.1. The van der Waals surface area contributed by atoms with Crippen molar-refractivity contribution in [1.29, 1.82) is 0 Å². The highest BCUT2D eigenvalue weighted by molar-refractivity contribution is 9.10. The molecule has 0 spiro atoms. The van der Waals surface area contributed by atoms with Gasteiger partial charge in [0.05, 0.1) is 5.38 Å². The molecule has 12 heavy (non-hydrogen) atoms. The van der Waals surface area contributed by atoms with E-state index in [1.54, 1.807) is 0 Å². The van der Waals surface area contributed by atoms with Crippen LogP contribution >= 0.6 is 27.5 Å². The second-order valence-corrected chi connectivity index (χ2v) is 3.97. The molecule has 66 valence electrons. The zero-order chi connectivity index (χ0) is 8.97. The molecule has 0 aliphatic heterocycles. The molecule has 1 aromatic carbocycles. The van der Waals surface area contributed by atoms with E-state index in [2.05, 4.69) is 15.9 Å². The Bertz CT molecular complexity index is 235. The maximum atomic E-state index is 8.66. The highest BCUT2D eigenvalue weighted by Gasteiger charge is 2.05. The Labute approximate surface area is 85.5 Å². The van der Waals surface area contributed by atoms with Gasteiger partial charge in [-0.05, 0) is 24.1 Å². The Hall–Kier alpha value is -0.0500. The van der Waals surface area contributed by atoms with Crippen molar-refractivity contribution < 1.29 is 5.11 Å². The molecule has 1 N–H and O–H groups in total. The van der Waals surface area contributed by atoms with E-state index in [9.17, 15) is 0 Å². The summed E-state index contributed by atoms with van der Waals surface area (Å²) in [6.07, 6.45) is 0.600. The topological polar surface area (TPSA) is 20.2 Å². The van der Waals surface area contributed by atoms with Crippen LogP contribution in [0.25, 0.3) is 0 Å². The van der Waals surface area contributed by atoms with Gasteiger partial charge in [-0.25, -0.2) is 0 Å². The largest absolute Gasteiger partial charge is 0.396 e. The van der Waals surface area contributed by atoms with Crippen LogP contribution in [0.2, 0.25) is 0 Å². The molecule has 3 heteroatoms. The summed E-state index contributed by atoms with van der Waals surface area (Å²) in [5, 5.41) is 8.58. The molecule has 0 saturated heterocycles. The average molecular weight is 250 g/mol. The van der Waals surface area contributed by atoms with Crippen molar-refractivity contribution in [3.8, 4) is 0 Å². The van der Waals surface area contributed by atoms with Gasteiger partial charge in [0.15, 0.2) is 0 Å². The molecule has 0 unspecified atom stereocenters. The van der Waals surface area contributed by atoms with Gasteiger partial charge in [0.1, 0.15) is 0 Å². The summed E-state index contributed by atoms with van der Waals surface area (Å²) in [5.41, 5.74) is 1.05. The van der Waals surface area contributed by atoms with E-state index >= 15 is 0 Å². The quantitative estimate of drug-likeness (QED) is 0.816. The lowest BCUT2D eigenvalue weighted by Crippen LogP contribution is -1.93. The second kappa shape index (κ2) is 4.85. The molecule has 1 nitrogen and oxygen atoms in total. The average Bonchev–Trinajstić information content (AvgIpc) is 2.06. The van der Waals surface area contributed by atoms with Gasteiger partial charge in [-0.1, -0.05) is 28.1 Å². The minimum Gasteiger partial charge on any atom is -0.396 e. The maximum absolute atomic E-state index is 8.66. The van der Waals surface area contributed by atoms with Crippen LogP contribution in [0.5, 0.6) is 0 Å². The van der Waals surface area contributed by atoms with Crippen LogP contribution in [0, 0.1) is 0 Å². The molecule has 0 aliphatic carbocycles. The van der Waals surface area contributed by atoms with Gasteiger partial charge in [0, 0.05) is 11.1 Å². The minimum atomic E-state index is -0.0805. The summed E-state index contributed by atoms with van der Waals surface area (Å²) in [5.74, 6) is 0. The maximum Gasteiger partial charge on any atom is 0.0607 e. The van der Waals surface area contributed by atoms with Gasteiger partial charge in [0.25, 0.3) is 0 Å². The fraction of sp³-hybridized carbons (Fsp3) is 0.333. The van der Waals surface area contributed by atoms with Gasteiger partial charge in [0.2, 0.25) is 0 Å². The summed E-state index contributed by atoms with van der Waals surface area (Å²) >= 11 is 9.32. The summed E-state index contributed by atoms with van der Waals surface area (Å²) in [7, 11) is 0. The van der Waals surface area contributed by atoms with E-state index in [0.717, 1.165) is 10.0 Å². The molecule has 0 radical (unpaired) electrons. The molecule has 0 aliphatic rings. The number of aliphatic hydroxyl groups is 1. The van der Waals surface area contributed by atoms with E-state index in [4.69, 9.17) is 16.7 Å². The molecule has 0 aromatic heterocycles. The van der Waals surface area contributed by atoms with Crippen LogP contribution in [0.15, 0.2) is 28.7 Å². The Balaban J connectivity index is 2.68. The first-order chi connectivity index (χ1) is 5.74. The van der Waals surface area contributed by atoms with Crippen LogP contribution < -0.4 is 0 Å². The standard InChI is InChI=1S/C9H10BrClO/c10-8-3-1-7(2-4-8)9(11)5-6-12/h1-4,9,12H,5-6H2/t9-/m1/s1. The minimum absolute atomic E-state index is 0.0805. The third kappa shape index (κ3) is 2.77. The molecule has 0 fully saturated rings. The van der Waals surface area contributed by atoms with Crippen molar-refractivity contribution in [2.45, 2.75) is 11.8 Å². The highest BCUT2D eigenvalue weighted by Crippen LogP contribution is 2.24. The molecule has 1 aromatic rings. The smallest absolute Gasteiger partial charge is 0.0607 e. The van der Waals surface area contributed by atoms with E-state index in [1.165, 1.54) is 0 Å². The van der Waals surface area contributed by atoms with Crippen molar-refractivity contribution in [3.63, 3.8) is 0 Å². The third-order valence-corrected chi connectivity index (χ3v) is 2.61. The first kappa shape index (κ1) is 10.0. The monoisotopic (exact) mass is 248 g/mol. The van der Waals surface area contributed by atoms with Gasteiger partial charge in [-0.15, -0.1) is 11.6 Å². The van der Waals surface area contributed by atoms with Crippen LogP contribution in [0.3, 0.4) is 0 Å². The Morgan fingerprint density at radius 1 is 1.33 bits per heavy atom. The van der Waals surface area contributed by atoms with Crippen molar-refractivity contribution in [3.05, 3.63) is 34.3 Å². The van der Waals surface area contributed by atoms with E-state index in [0.29, 0.717) is 6.42 Å². The van der Waals surface area contributed by atoms with E-state index in [1.807, 2.05) is 24.3 Å². The molecular weight excluding hydrogens is 239 g/mol. The van der Waals surface area contributed by atoms with Crippen LogP contribution in [0.4, 0.5) is 0 Å². The Morgan fingerprint density at radius 3 is 2.42 bits per heavy atom. The first-order valence-corrected chi connectivity index (χ1v) is 4.97. The lowest BCUT2D eigenvalue weighted by Gasteiger charge is -2.07. The number of hydrogen-bond donors (Lipinski definition) is 1. The predicted molar refractivity (Wildman–Crippen MR) is 54.4 cm³/mol. The van der Waals surface area contributed by atoms with E-state index in [-0.39, 0.29) is 12.0 Å². The van der Waals surface area contributed by atoms with Gasteiger partial charge < -0.3 is 5.11 Å². The fourth-order valence-corrected chi connectivity index (χ4v) is 1.46. The summed E-state index contributed by atoms with van der Waals surface area (Å²) in [6, 6.07) is 7.80. The number of aliphatic hydroxyl groups excluding tert-OH is 1. The predicted octanol–water partition coefficient (Wildman–Crippen LogP) is 3.11. The van der Waals surface area contributed by atoms with Crippen LogP contribution in [0.1, 0.15) is 17.4 Å². The number of benzene rings is 1. The van der Waals surface area contributed by atoms with Crippen molar-refractivity contribution in [2.24, 2.45) is 0 Å². The molecule has 0 amide bonds. The van der Waals surface area contributed by atoms with Crippen molar-refractivity contribution in [2.75, 3.05) is 6.61 Å². The fourth-order valence-electron chi connectivity index (χ4n) is 0.952. The zero-order valence-corrected chi connectivity index (χ0v) is 8.85. The Morgan fingerprint density at radius 2 is 1.92 bits per heavy atom. The molecule has 0 saturated carbocycles.